The minimum atomic E-state index is -0.690. The highest BCUT2D eigenvalue weighted by Crippen LogP contribution is 1.94. The summed E-state index contributed by atoms with van der Waals surface area (Å²) < 4.78 is 0. The molecule has 0 rings (SSSR count). The number of rotatable bonds is 1. The van der Waals surface area contributed by atoms with Crippen molar-refractivity contribution in [1.29, 1.82) is 5.26 Å². The van der Waals surface area contributed by atoms with Crippen LogP contribution in [0.15, 0.2) is 0 Å². The van der Waals surface area contributed by atoms with Gasteiger partial charge in [-0.1, -0.05) is 6.92 Å². The van der Waals surface area contributed by atoms with E-state index >= 15 is 0 Å². The zero-order chi connectivity index (χ0) is 9.28. The zero-order valence-electron chi connectivity index (χ0n) is 7.00. The highest BCUT2D eigenvalue weighted by atomic mass is 17.1. The Morgan fingerprint density at radius 3 is 2.18 bits per heavy atom. The molecule has 1 N–H and O–H groups in total. The molecular formula is C7H13NO3. The van der Waals surface area contributed by atoms with E-state index in [-0.39, 0.29) is 5.92 Å². The standard InChI is InChI=1S/C5H9N.C2H4O3/c1-3-5(2)4-6;1-2(3)5-4/h5H,3H2,1-2H3;4H,1H3. The van der Waals surface area contributed by atoms with E-state index in [4.69, 9.17) is 10.5 Å². The van der Waals surface area contributed by atoms with Crippen LogP contribution in [-0.2, 0) is 9.68 Å². The number of hydrogen-bond acceptors (Lipinski definition) is 4. The lowest BCUT2D eigenvalue weighted by atomic mass is 10.2. The minimum Gasteiger partial charge on any atom is -0.301 e. The Kier molecular flexibility index (Phi) is 10.2. The highest BCUT2D eigenvalue weighted by molar-refractivity contribution is 5.64. The topological polar surface area (TPSA) is 70.3 Å². The van der Waals surface area contributed by atoms with Crippen LogP contribution in [0.4, 0.5) is 0 Å². The second kappa shape index (κ2) is 8.92. The van der Waals surface area contributed by atoms with Gasteiger partial charge in [-0.05, 0) is 13.3 Å². The Hall–Kier alpha value is -1.08. The molecule has 0 aliphatic carbocycles. The van der Waals surface area contributed by atoms with Crippen LogP contribution in [0.3, 0.4) is 0 Å². The zero-order valence-corrected chi connectivity index (χ0v) is 7.00. The van der Waals surface area contributed by atoms with Crippen molar-refractivity contribution in [2.24, 2.45) is 5.92 Å². The van der Waals surface area contributed by atoms with E-state index in [1.165, 1.54) is 0 Å². The molecule has 1 unspecified atom stereocenters. The molecule has 0 spiro atoms. The van der Waals surface area contributed by atoms with Crippen LogP contribution < -0.4 is 0 Å². The Bertz CT molecular complexity index is 139. The fourth-order valence-corrected chi connectivity index (χ4v) is 0.0913. The predicted octanol–water partition coefficient (Wildman–Crippen LogP) is 1.58. The summed E-state index contributed by atoms with van der Waals surface area (Å²) in [5.41, 5.74) is 0. The lowest BCUT2D eigenvalue weighted by Gasteiger charge is -1.87. The molecule has 4 heteroatoms. The minimum absolute atomic E-state index is 0.241. The Morgan fingerprint density at radius 2 is 2.18 bits per heavy atom. The molecule has 11 heavy (non-hydrogen) atoms. The molecule has 4 nitrogen and oxygen atoms in total. The van der Waals surface area contributed by atoms with Crippen LogP contribution >= 0.6 is 0 Å². The molecule has 64 valence electrons. The van der Waals surface area contributed by atoms with Crippen molar-refractivity contribution < 1.29 is 14.9 Å². The lowest BCUT2D eigenvalue weighted by Crippen LogP contribution is -1.89. The molecule has 0 saturated carbocycles. The van der Waals surface area contributed by atoms with Gasteiger partial charge in [-0.15, -0.1) is 0 Å². The molecule has 0 aliphatic rings. The molecule has 0 heterocycles. The van der Waals surface area contributed by atoms with Gasteiger partial charge in [-0.2, -0.15) is 10.5 Å². The van der Waals surface area contributed by atoms with Gasteiger partial charge >= 0.3 is 5.97 Å². The molecular weight excluding hydrogens is 146 g/mol. The summed E-state index contributed by atoms with van der Waals surface area (Å²) >= 11 is 0. The summed E-state index contributed by atoms with van der Waals surface area (Å²) in [6.07, 6.45) is 0.969. The molecule has 0 aliphatic heterocycles. The third-order valence-electron chi connectivity index (χ3n) is 0.961. The van der Waals surface area contributed by atoms with Crippen LogP contribution in [0.25, 0.3) is 0 Å². The van der Waals surface area contributed by atoms with Gasteiger partial charge in [0.25, 0.3) is 0 Å². The van der Waals surface area contributed by atoms with Gasteiger partial charge in [0.05, 0.1) is 6.07 Å². The Balaban J connectivity index is 0. The molecule has 0 aromatic heterocycles. The monoisotopic (exact) mass is 159 g/mol. The predicted molar refractivity (Wildman–Crippen MR) is 39.5 cm³/mol. The number of carbonyl (C=O) groups is 1. The maximum atomic E-state index is 9.34. The van der Waals surface area contributed by atoms with E-state index in [1.807, 2.05) is 13.8 Å². The maximum Gasteiger partial charge on any atom is 0.339 e. The van der Waals surface area contributed by atoms with Crippen molar-refractivity contribution in [3.8, 4) is 6.07 Å². The second-order valence-electron chi connectivity index (χ2n) is 2.02. The van der Waals surface area contributed by atoms with Gasteiger partial charge < -0.3 is 4.89 Å². The third-order valence-corrected chi connectivity index (χ3v) is 0.961. The summed E-state index contributed by atoms with van der Waals surface area (Å²) in [5.74, 6) is -0.449. The SMILES string of the molecule is CC(=O)OO.CCC(C)C#N. The number of carbonyl (C=O) groups excluding carboxylic acids is 1. The van der Waals surface area contributed by atoms with Crippen molar-refractivity contribution in [2.45, 2.75) is 27.2 Å². The van der Waals surface area contributed by atoms with E-state index in [1.54, 1.807) is 0 Å². The Morgan fingerprint density at radius 1 is 1.82 bits per heavy atom. The van der Waals surface area contributed by atoms with Gasteiger partial charge in [-0.3, -0.25) is 0 Å². The summed E-state index contributed by atoms with van der Waals surface area (Å²) in [4.78, 5) is 12.5. The first-order valence-corrected chi connectivity index (χ1v) is 3.30. The van der Waals surface area contributed by atoms with Crippen LogP contribution in [0.2, 0.25) is 0 Å². The van der Waals surface area contributed by atoms with Crippen molar-refractivity contribution in [2.75, 3.05) is 0 Å². The number of nitrogens with zero attached hydrogens (tertiary/aromatic N) is 1. The van der Waals surface area contributed by atoms with Crippen LogP contribution in [0.5, 0.6) is 0 Å². The quantitative estimate of drug-likeness (QED) is 0.465. The fraction of sp³-hybridized carbons (Fsp3) is 0.714. The highest BCUT2D eigenvalue weighted by Gasteiger charge is 1.88. The first-order valence-electron chi connectivity index (χ1n) is 3.30. The number of hydrogen-bond donors (Lipinski definition) is 1. The Labute approximate surface area is 66.3 Å². The van der Waals surface area contributed by atoms with Crippen molar-refractivity contribution in [3.05, 3.63) is 0 Å². The first kappa shape index (κ1) is 12.6. The molecule has 0 radical (unpaired) electrons. The van der Waals surface area contributed by atoms with Crippen LogP contribution in [0, 0.1) is 17.2 Å². The van der Waals surface area contributed by atoms with Gasteiger partial charge in [0, 0.05) is 12.8 Å². The number of nitriles is 1. The average Bonchev–Trinajstić information content (AvgIpc) is 2.04. The molecule has 0 saturated heterocycles. The molecule has 0 bridgehead atoms. The van der Waals surface area contributed by atoms with Crippen molar-refractivity contribution in [1.82, 2.24) is 0 Å². The normalized spacial score (nSPS) is 10.1. The van der Waals surface area contributed by atoms with E-state index in [9.17, 15) is 4.79 Å². The van der Waals surface area contributed by atoms with E-state index < -0.39 is 5.97 Å². The summed E-state index contributed by atoms with van der Waals surface area (Å²) in [6, 6.07) is 2.11. The maximum absolute atomic E-state index is 9.34. The van der Waals surface area contributed by atoms with E-state index in [0.717, 1.165) is 13.3 Å². The average molecular weight is 159 g/mol. The van der Waals surface area contributed by atoms with Crippen molar-refractivity contribution in [3.63, 3.8) is 0 Å². The van der Waals surface area contributed by atoms with Gasteiger partial charge in [0.2, 0.25) is 0 Å². The van der Waals surface area contributed by atoms with Gasteiger partial charge in [0.15, 0.2) is 0 Å². The van der Waals surface area contributed by atoms with Gasteiger partial charge in [0.1, 0.15) is 0 Å². The van der Waals surface area contributed by atoms with Crippen LogP contribution in [0.1, 0.15) is 27.2 Å². The molecule has 0 fully saturated rings. The molecule has 0 aromatic rings. The summed E-state index contributed by atoms with van der Waals surface area (Å²) in [5, 5.41) is 15.4. The molecule has 0 amide bonds. The largest absolute Gasteiger partial charge is 0.339 e. The summed E-state index contributed by atoms with van der Waals surface area (Å²) in [6.45, 7) is 5.04. The third kappa shape index (κ3) is 17.6. The fourth-order valence-electron chi connectivity index (χ4n) is 0.0913. The van der Waals surface area contributed by atoms with Crippen LogP contribution in [-0.4, -0.2) is 11.2 Å². The van der Waals surface area contributed by atoms with E-state index in [2.05, 4.69) is 11.0 Å². The smallest absolute Gasteiger partial charge is 0.301 e. The second-order valence-corrected chi connectivity index (χ2v) is 2.02. The van der Waals surface area contributed by atoms with Crippen molar-refractivity contribution >= 4 is 5.97 Å². The molecule has 1 atom stereocenters. The summed E-state index contributed by atoms with van der Waals surface area (Å²) in [7, 11) is 0. The first-order chi connectivity index (χ1) is 5.08. The van der Waals surface area contributed by atoms with Gasteiger partial charge in [-0.25, -0.2) is 4.79 Å². The van der Waals surface area contributed by atoms with E-state index in [0.29, 0.717) is 0 Å². The lowest BCUT2D eigenvalue weighted by molar-refractivity contribution is -0.231. The molecule has 0 aromatic carbocycles.